The molecule has 7 heteroatoms. The molecule has 1 aliphatic heterocycles. The van der Waals surface area contributed by atoms with Crippen molar-refractivity contribution in [2.24, 2.45) is 0 Å². The van der Waals surface area contributed by atoms with Crippen LogP contribution in [0.2, 0.25) is 0 Å². The minimum absolute atomic E-state index is 0.222. The Morgan fingerprint density at radius 2 is 1.95 bits per heavy atom. The number of halogens is 1. The van der Waals surface area contributed by atoms with Gasteiger partial charge in [-0.1, -0.05) is 6.07 Å². The minimum atomic E-state index is -3.29. The SMILES string of the molecule is CCOP(=O)(OCC)/C(Br)=C/c1ccc2c(c1)OCO2. The van der Waals surface area contributed by atoms with Crippen LogP contribution in [0.5, 0.6) is 11.5 Å². The largest absolute Gasteiger partial charge is 0.454 e. The van der Waals surface area contributed by atoms with Crippen LogP contribution in [-0.4, -0.2) is 20.0 Å². The molecule has 0 saturated heterocycles. The van der Waals surface area contributed by atoms with E-state index >= 15 is 0 Å². The number of benzene rings is 1. The van der Waals surface area contributed by atoms with E-state index < -0.39 is 7.60 Å². The van der Waals surface area contributed by atoms with E-state index in [1.54, 1.807) is 26.0 Å². The van der Waals surface area contributed by atoms with Gasteiger partial charge in [-0.15, -0.1) is 0 Å². The van der Waals surface area contributed by atoms with Gasteiger partial charge >= 0.3 is 7.60 Å². The maximum Gasteiger partial charge on any atom is 0.368 e. The zero-order chi connectivity index (χ0) is 14.6. The van der Waals surface area contributed by atoms with E-state index in [4.69, 9.17) is 18.5 Å². The van der Waals surface area contributed by atoms with Gasteiger partial charge in [0.25, 0.3) is 0 Å². The van der Waals surface area contributed by atoms with E-state index in [0.29, 0.717) is 28.9 Å². The molecule has 1 aromatic rings. The number of hydrogen-bond acceptors (Lipinski definition) is 5. The van der Waals surface area contributed by atoms with Crippen LogP contribution in [0.4, 0.5) is 0 Å². The van der Waals surface area contributed by atoms with Gasteiger partial charge in [-0.2, -0.15) is 0 Å². The van der Waals surface area contributed by atoms with Crippen LogP contribution in [-0.2, 0) is 13.6 Å². The van der Waals surface area contributed by atoms with E-state index in [1.165, 1.54) is 0 Å². The molecule has 5 nitrogen and oxygen atoms in total. The van der Waals surface area contributed by atoms with Crippen molar-refractivity contribution in [3.63, 3.8) is 0 Å². The average molecular weight is 363 g/mol. The van der Waals surface area contributed by atoms with E-state index in [-0.39, 0.29) is 6.79 Å². The zero-order valence-electron chi connectivity index (χ0n) is 11.3. The molecule has 0 saturated carbocycles. The van der Waals surface area contributed by atoms with Gasteiger partial charge < -0.3 is 18.5 Å². The van der Waals surface area contributed by atoms with Crippen LogP contribution in [0.1, 0.15) is 19.4 Å². The molecule has 1 heterocycles. The van der Waals surface area contributed by atoms with Gasteiger partial charge in [0.05, 0.1) is 13.2 Å². The Morgan fingerprint density at radius 3 is 2.60 bits per heavy atom. The number of rotatable bonds is 6. The van der Waals surface area contributed by atoms with Gasteiger partial charge in [0.1, 0.15) is 4.22 Å². The second-order valence-electron chi connectivity index (χ2n) is 3.91. The summed E-state index contributed by atoms with van der Waals surface area (Å²) in [6.07, 6.45) is 1.70. The molecule has 110 valence electrons. The molecule has 0 aliphatic carbocycles. The summed E-state index contributed by atoms with van der Waals surface area (Å²) in [5.74, 6) is 1.37. The van der Waals surface area contributed by atoms with Crippen molar-refractivity contribution in [2.45, 2.75) is 13.8 Å². The smallest absolute Gasteiger partial charge is 0.368 e. The lowest BCUT2D eigenvalue weighted by Gasteiger charge is -2.16. The maximum absolute atomic E-state index is 12.5. The fourth-order valence-corrected chi connectivity index (χ4v) is 3.91. The average Bonchev–Trinajstić information content (AvgIpc) is 2.86. The summed E-state index contributed by atoms with van der Waals surface area (Å²) in [5.41, 5.74) is 0.820. The van der Waals surface area contributed by atoms with Crippen molar-refractivity contribution in [2.75, 3.05) is 20.0 Å². The first-order chi connectivity index (χ1) is 9.59. The summed E-state index contributed by atoms with van der Waals surface area (Å²) in [6.45, 7) is 4.38. The minimum Gasteiger partial charge on any atom is -0.454 e. The molecule has 0 aromatic heterocycles. The highest BCUT2D eigenvalue weighted by molar-refractivity contribution is 9.13. The Labute approximate surface area is 126 Å². The lowest BCUT2D eigenvalue weighted by molar-refractivity contribution is 0.174. The van der Waals surface area contributed by atoms with Crippen LogP contribution < -0.4 is 9.47 Å². The molecule has 0 unspecified atom stereocenters. The number of fused-ring (bicyclic) bond motifs is 1. The molecule has 0 N–H and O–H groups in total. The quantitative estimate of drug-likeness (QED) is 0.703. The van der Waals surface area contributed by atoms with Crippen molar-refractivity contribution >= 4 is 29.6 Å². The molecule has 0 spiro atoms. The van der Waals surface area contributed by atoms with Crippen molar-refractivity contribution in [3.8, 4) is 11.5 Å². The summed E-state index contributed by atoms with van der Waals surface area (Å²) < 4.78 is 34.0. The summed E-state index contributed by atoms with van der Waals surface area (Å²) in [5, 5.41) is 0. The second kappa shape index (κ2) is 6.76. The van der Waals surface area contributed by atoms with Crippen molar-refractivity contribution < 1.29 is 23.1 Å². The van der Waals surface area contributed by atoms with Crippen LogP contribution in [0.3, 0.4) is 0 Å². The molecular formula is C13H16BrO5P. The monoisotopic (exact) mass is 362 g/mol. The van der Waals surface area contributed by atoms with Gasteiger partial charge in [-0.25, -0.2) is 0 Å². The molecule has 0 atom stereocenters. The second-order valence-corrected chi connectivity index (χ2v) is 7.37. The zero-order valence-corrected chi connectivity index (χ0v) is 13.8. The molecule has 2 rings (SSSR count). The maximum atomic E-state index is 12.5. The highest BCUT2D eigenvalue weighted by Crippen LogP contribution is 2.59. The van der Waals surface area contributed by atoms with E-state index in [0.717, 1.165) is 5.56 Å². The molecule has 1 aliphatic rings. The van der Waals surface area contributed by atoms with E-state index in [9.17, 15) is 4.57 Å². The fourth-order valence-electron chi connectivity index (χ4n) is 1.72. The lowest BCUT2D eigenvalue weighted by Crippen LogP contribution is -1.95. The first kappa shape index (κ1) is 15.6. The molecule has 0 fully saturated rings. The highest BCUT2D eigenvalue weighted by atomic mass is 79.9. The molecule has 0 radical (unpaired) electrons. The van der Waals surface area contributed by atoms with Crippen LogP contribution >= 0.6 is 23.5 Å². The lowest BCUT2D eigenvalue weighted by atomic mass is 10.2. The molecule has 0 amide bonds. The summed E-state index contributed by atoms with van der Waals surface area (Å²) in [7, 11) is -3.29. The Bertz CT molecular complexity index is 548. The van der Waals surface area contributed by atoms with Crippen LogP contribution in [0.15, 0.2) is 22.4 Å². The predicted molar refractivity (Wildman–Crippen MR) is 80.3 cm³/mol. The summed E-state index contributed by atoms with van der Waals surface area (Å²) >= 11 is 3.30. The first-order valence-corrected chi connectivity index (χ1v) is 8.59. The van der Waals surface area contributed by atoms with Gasteiger partial charge in [0.2, 0.25) is 6.79 Å². The molecule has 1 aromatic carbocycles. The topological polar surface area (TPSA) is 54.0 Å². The Hall–Kier alpha value is -0.810. The Kier molecular flexibility index (Phi) is 5.27. The van der Waals surface area contributed by atoms with Crippen molar-refractivity contribution in [1.82, 2.24) is 0 Å². The highest BCUT2D eigenvalue weighted by Gasteiger charge is 2.28. The molecule has 20 heavy (non-hydrogen) atoms. The van der Waals surface area contributed by atoms with Gasteiger partial charge in [-0.05, 0) is 53.5 Å². The van der Waals surface area contributed by atoms with Crippen molar-refractivity contribution in [3.05, 3.63) is 28.0 Å². The Morgan fingerprint density at radius 1 is 1.30 bits per heavy atom. The van der Waals surface area contributed by atoms with Crippen molar-refractivity contribution in [1.29, 1.82) is 0 Å². The Balaban J connectivity index is 2.26. The third-order valence-electron chi connectivity index (χ3n) is 2.54. The van der Waals surface area contributed by atoms with Gasteiger partial charge in [0, 0.05) is 0 Å². The normalized spacial score (nSPS) is 14.7. The fraction of sp³-hybridized carbons (Fsp3) is 0.385. The molecule has 0 bridgehead atoms. The molecular weight excluding hydrogens is 347 g/mol. The first-order valence-electron chi connectivity index (χ1n) is 6.25. The summed E-state index contributed by atoms with van der Waals surface area (Å²) in [6, 6.07) is 5.46. The van der Waals surface area contributed by atoms with E-state index in [1.807, 2.05) is 12.1 Å². The van der Waals surface area contributed by atoms with Crippen LogP contribution in [0, 0.1) is 0 Å². The third kappa shape index (κ3) is 3.44. The van der Waals surface area contributed by atoms with Gasteiger partial charge in [0.15, 0.2) is 11.5 Å². The third-order valence-corrected chi connectivity index (χ3v) is 5.92. The number of hydrogen-bond donors (Lipinski definition) is 0. The standard InChI is InChI=1S/C13H16BrO5P/c1-3-18-20(15,19-4-2)13(14)8-10-5-6-11-12(7-10)17-9-16-11/h5-8H,3-4,9H2,1-2H3/b13-8+. The van der Waals surface area contributed by atoms with Crippen LogP contribution in [0.25, 0.3) is 6.08 Å². The van der Waals surface area contributed by atoms with E-state index in [2.05, 4.69) is 15.9 Å². The van der Waals surface area contributed by atoms with Gasteiger partial charge in [-0.3, -0.25) is 4.57 Å². The number of ether oxygens (including phenoxy) is 2. The summed E-state index contributed by atoms with van der Waals surface area (Å²) in [4.78, 5) is 0. The predicted octanol–water partition coefficient (Wildman–Crippen LogP) is 4.37.